The summed E-state index contributed by atoms with van der Waals surface area (Å²) in [6.45, 7) is 4.13. The van der Waals surface area contributed by atoms with Gasteiger partial charge in [0.1, 0.15) is 11.5 Å². The molecule has 0 atom stereocenters. The van der Waals surface area contributed by atoms with Gasteiger partial charge in [-0.05, 0) is 73.1 Å². The van der Waals surface area contributed by atoms with E-state index in [0.29, 0.717) is 21.7 Å². The molecule has 0 fully saturated rings. The first kappa shape index (κ1) is 27.3. The SMILES string of the molecule is Cc1ccccc1NCC(=O)N/N=C/c1ccc(Sc2ccc(/C=N/NC(=O)CNc3ccccc3C)o2)o1. The fourth-order valence-corrected chi connectivity index (χ4v) is 4.07. The highest BCUT2D eigenvalue weighted by Gasteiger charge is 2.08. The number of hydrogen-bond donors (Lipinski definition) is 4. The Morgan fingerprint density at radius 2 is 1.13 bits per heavy atom. The summed E-state index contributed by atoms with van der Waals surface area (Å²) < 4.78 is 11.4. The van der Waals surface area contributed by atoms with Crippen molar-refractivity contribution in [3.63, 3.8) is 0 Å². The van der Waals surface area contributed by atoms with Crippen LogP contribution in [0.3, 0.4) is 0 Å². The van der Waals surface area contributed by atoms with E-state index >= 15 is 0 Å². The summed E-state index contributed by atoms with van der Waals surface area (Å²) >= 11 is 1.27. The number of rotatable bonds is 12. The van der Waals surface area contributed by atoms with E-state index in [0.717, 1.165) is 22.5 Å². The zero-order valence-electron chi connectivity index (χ0n) is 21.4. The standard InChI is InChI=1S/C28H28N6O4S/c1-19-7-3-5-9-23(19)29-17-25(35)33-31-15-21-11-13-27(37-21)39-28-14-12-22(38-28)16-32-34-26(36)18-30-24-10-6-4-8-20(24)2/h3-16,29-30H,17-18H2,1-2H3,(H,33,35)(H,34,36)/b31-15+,32-16+. The number of hydrogen-bond acceptors (Lipinski definition) is 9. The molecule has 0 spiro atoms. The second-order valence-electron chi connectivity index (χ2n) is 8.34. The molecule has 10 nitrogen and oxygen atoms in total. The van der Waals surface area contributed by atoms with Crippen molar-refractivity contribution in [1.82, 2.24) is 10.9 Å². The Hall–Kier alpha value is -4.77. The first-order chi connectivity index (χ1) is 19.0. The van der Waals surface area contributed by atoms with Crippen molar-refractivity contribution in [1.29, 1.82) is 0 Å². The molecule has 2 aromatic carbocycles. The molecule has 0 bridgehead atoms. The molecule has 0 aliphatic carbocycles. The molecule has 0 saturated carbocycles. The molecule has 11 heteroatoms. The van der Waals surface area contributed by atoms with Crippen LogP contribution in [-0.4, -0.2) is 37.3 Å². The number of carbonyl (C=O) groups excluding carboxylic acids is 2. The Bertz CT molecular complexity index is 1370. The van der Waals surface area contributed by atoms with Gasteiger partial charge in [-0.25, -0.2) is 10.9 Å². The van der Waals surface area contributed by atoms with Gasteiger partial charge in [0.05, 0.1) is 25.5 Å². The number of benzene rings is 2. The minimum Gasteiger partial charge on any atom is -0.448 e. The first-order valence-corrected chi connectivity index (χ1v) is 12.9. The third-order valence-corrected chi connectivity index (χ3v) is 6.18. The second-order valence-corrected chi connectivity index (χ2v) is 9.35. The maximum absolute atomic E-state index is 12.0. The number of carbonyl (C=O) groups is 2. The van der Waals surface area contributed by atoms with E-state index in [1.54, 1.807) is 24.3 Å². The number of furan rings is 2. The molecule has 0 saturated heterocycles. The Labute approximate surface area is 229 Å². The molecule has 200 valence electrons. The molecule has 0 radical (unpaired) electrons. The van der Waals surface area contributed by atoms with Crippen LogP contribution < -0.4 is 21.5 Å². The number of nitrogens with zero attached hydrogens (tertiary/aromatic N) is 2. The number of para-hydroxylation sites is 2. The monoisotopic (exact) mass is 544 g/mol. The number of anilines is 2. The topological polar surface area (TPSA) is 133 Å². The molecule has 4 aromatic rings. The molecule has 4 rings (SSSR count). The summed E-state index contributed by atoms with van der Waals surface area (Å²) in [6.07, 6.45) is 2.85. The average molecular weight is 545 g/mol. The fraction of sp³-hybridized carbons (Fsp3) is 0.143. The lowest BCUT2D eigenvalue weighted by Gasteiger charge is -2.07. The van der Waals surface area contributed by atoms with Crippen molar-refractivity contribution in [2.24, 2.45) is 10.2 Å². The zero-order chi connectivity index (χ0) is 27.5. The normalized spacial score (nSPS) is 11.1. The van der Waals surface area contributed by atoms with Gasteiger partial charge in [0, 0.05) is 11.4 Å². The number of amides is 2. The van der Waals surface area contributed by atoms with Crippen molar-refractivity contribution >= 4 is 47.4 Å². The highest BCUT2D eigenvalue weighted by molar-refractivity contribution is 7.99. The van der Waals surface area contributed by atoms with Crippen LogP contribution in [0.2, 0.25) is 0 Å². The van der Waals surface area contributed by atoms with Crippen molar-refractivity contribution in [3.8, 4) is 0 Å². The Kier molecular flexibility index (Phi) is 9.57. The number of nitrogens with one attached hydrogen (secondary N) is 4. The third-order valence-electron chi connectivity index (χ3n) is 5.34. The third kappa shape index (κ3) is 8.64. The van der Waals surface area contributed by atoms with Crippen LogP contribution in [0, 0.1) is 13.8 Å². The van der Waals surface area contributed by atoms with E-state index in [1.165, 1.54) is 24.2 Å². The molecule has 0 aliphatic heterocycles. The zero-order valence-corrected chi connectivity index (χ0v) is 22.2. The second kappa shape index (κ2) is 13.7. The van der Waals surface area contributed by atoms with Crippen LogP contribution >= 0.6 is 11.8 Å². The van der Waals surface area contributed by atoms with Gasteiger partial charge in [-0.1, -0.05) is 36.4 Å². The van der Waals surface area contributed by atoms with E-state index < -0.39 is 0 Å². The van der Waals surface area contributed by atoms with Crippen molar-refractivity contribution in [2.45, 2.75) is 24.0 Å². The molecule has 2 aromatic heterocycles. The molecule has 0 unspecified atom stereocenters. The Morgan fingerprint density at radius 3 is 1.56 bits per heavy atom. The van der Waals surface area contributed by atoms with E-state index in [2.05, 4.69) is 31.7 Å². The van der Waals surface area contributed by atoms with Gasteiger partial charge in [-0.15, -0.1) is 0 Å². The van der Waals surface area contributed by atoms with E-state index in [-0.39, 0.29) is 24.9 Å². The van der Waals surface area contributed by atoms with Crippen molar-refractivity contribution in [2.75, 3.05) is 23.7 Å². The maximum Gasteiger partial charge on any atom is 0.259 e. The Balaban J connectivity index is 1.18. The molecular weight excluding hydrogens is 516 g/mol. The maximum atomic E-state index is 12.0. The predicted octanol–water partition coefficient (Wildman–Crippen LogP) is 4.77. The van der Waals surface area contributed by atoms with Gasteiger partial charge in [0.25, 0.3) is 11.8 Å². The summed E-state index contributed by atoms with van der Waals surface area (Å²) in [7, 11) is 0. The highest BCUT2D eigenvalue weighted by Crippen LogP contribution is 2.30. The van der Waals surface area contributed by atoms with Crippen LogP contribution in [0.15, 0.2) is 102 Å². The summed E-state index contributed by atoms with van der Waals surface area (Å²) in [5.74, 6) is 0.387. The molecule has 2 heterocycles. The lowest BCUT2D eigenvalue weighted by molar-refractivity contribution is -0.120. The number of hydrazone groups is 2. The lowest BCUT2D eigenvalue weighted by Crippen LogP contribution is -2.26. The van der Waals surface area contributed by atoms with Gasteiger partial charge in [0.2, 0.25) is 0 Å². The van der Waals surface area contributed by atoms with Crippen LogP contribution in [0.4, 0.5) is 11.4 Å². The molecular formula is C28H28N6O4S. The van der Waals surface area contributed by atoms with Gasteiger partial charge >= 0.3 is 0 Å². The minimum absolute atomic E-state index is 0.0968. The van der Waals surface area contributed by atoms with Gasteiger partial charge in [-0.2, -0.15) is 10.2 Å². The van der Waals surface area contributed by atoms with E-state index in [9.17, 15) is 9.59 Å². The molecule has 39 heavy (non-hydrogen) atoms. The largest absolute Gasteiger partial charge is 0.448 e. The molecule has 2 amide bonds. The summed E-state index contributed by atoms with van der Waals surface area (Å²) in [5.41, 5.74) is 8.83. The van der Waals surface area contributed by atoms with Crippen LogP contribution in [0.25, 0.3) is 0 Å². The fourth-order valence-electron chi connectivity index (χ4n) is 3.32. The van der Waals surface area contributed by atoms with Gasteiger partial charge in [0.15, 0.2) is 10.2 Å². The minimum atomic E-state index is -0.279. The van der Waals surface area contributed by atoms with Crippen molar-refractivity contribution in [3.05, 3.63) is 95.4 Å². The van der Waals surface area contributed by atoms with Crippen LogP contribution in [0.5, 0.6) is 0 Å². The molecule has 0 aliphatic rings. The van der Waals surface area contributed by atoms with Crippen LogP contribution in [-0.2, 0) is 9.59 Å². The predicted molar refractivity (Wildman–Crippen MR) is 152 cm³/mol. The quantitative estimate of drug-likeness (QED) is 0.149. The first-order valence-electron chi connectivity index (χ1n) is 12.1. The summed E-state index contributed by atoms with van der Waals surface area (Å²) in [5, 5.41) is 15.2. The smallest absolute Gasteiger partial charge is 0.259 e. The lowest BCUT2D eigenvalue weighted by atomic mass is 10.2. The highest BCUT2D eigenvalue weighted by atomic mass is 32.2. The summed E-state index contributed by atoms with van der Waals surface area (Å²) in [6, 6.07) is 22.4. The Morgan fingerprint density at radius 1 is 0.692 bits per heavy atom. The van der Waals surface area contributed by atoms with Gasteiger partial charge < -0.3 is 19.5 Å². The van der Waals surface area contributed by atoms with E-state index in [4.69, 9.17) is 8.83 Å². The van der Waals surface area contributed by atoms with Gasteiger partial charge in [-0.3, -0.25) is 9.59 Å². The van der Waals surface area contributed by atoms with Crippen LogP contribution in [0.1, 0.15) is 22.6 Å². The average Bonchev–Trinajstić information content (AvgIpc) is 3.57. The molecule has 4 N–H and O–H groups in total. The van der Waals surface area contributed by atoms with E-state index in [1.807, 2.05) is 62.4 Å². The summed E-state index contributed by atoms with van der Waals surface area (Å²) in [4.78, 5) is 24.0. The van der Waals surface area contributed by atoms with Crippen molar-refractivity contribution < 1.29 is 18.4 Å². The number of aryl methyl sites for hydroxylation is 2.